The van der Waals surface area contributed by atoms with Crippen LogP contribution in [0.4, 0.5) is 15.8 Å². The van der Waals surface area contributed by atoms with Crippen LogP contribution in [0.3, 0.4) is 0 Å². The SMILES string of the molecule is CCC(Sc1cccc(NC(=O)/C(=C/c2ccccc2F)NC(=O)c2ccccc2)c1)C(=O)Nc1ccc2cc[nH]c2c1. The van der Waals surface area contributed by atoms with Crippen molar-refractivity contribution in [2.75, 3.05) is 10.6 Å². The number of aromatic amines is 1. The lowest BCUT2D eigenvalue weighted by Gasteiger charge is -2.16. The summed E-state index contributed by atoms with van der Waals surface area (Å²) in [4.78, 5) is 43.3. The number of carbonyl (C=O) groups is 3. The van der Waals surface area contributed by atoms with E-state index in [2.05, 4.69) is 20.9 Å². The second-order valence-corrected chi connectivity index (χ2v) is 10.9. The molecule has 216 valence electrons. The molecular weight excluding hydrogens is 563 g/mol. The van der Waals surface area contributed by atoms with Gasteiger partial charge in [0.25, 0.3) is 11.8 Å². The number of hydrogen-bond donors (Lipinski definition) is 4. The van der Waals surface area contributed by atoms with Crippen LogP contribution in [-0.2, 0) is 9.59 Å². The highest BCUT2D eigenvalue weighted by Crippen LogP contribution is 2.29. The van der Waals surface area contributed by atoms with E-state index < -0.39 is 17.6 Å². The zero-order valence-electron chi connectivity index (χ0n) is 23.3. The number of fused-ring (bicyclic) bond motifs is 1. The lowest BCUT2D eigenvalue weighted by molar-refractivity contribution is -0.116. The molecular formula is C34H29FN4O3S. The van der Waals surface area contributed by atoms with Crippen LogP contribution in [0, 0.1) is 5.82 Å². The molecule has 4 N–H and O–H groups in total. The van der Waals surface area contributed by atoms with E-state index in [0.29, 0.717) is 23.4 Å². The van der Waals surface area contributed by atoms with Crippen LogP contribution >= 0.6 is 11.8 Å². The first-order valence-corrected chi connectivity index (χ1v) is 14.6. The van der Waals surface area contributed by atoms with E-state index in [9.17, 15) is 18.8 Å². The van der Waals surface area contributed by atoms with Crippen LogP contribution in [0.5, 0.6) is 0 Å². The first-order valence-electron chi connectivity index (χ1n) is 13.7. The molecule has 0 aliphatic carbocycles. The maximum absolute atomic E-state index is 14.4. The minimum Gasteiger partial charge on any atom is -0.361 e. The summed E-state index contributed by atoms with van der Waals surface area (Å²) in [5, 5.41) is 9.07. The Morgan fingerprint density at radius 3 is 2.42 bits per heavy atom. The molecule has 7 nitrogen and oxygen atoms in total. The standard InChI is InChI=1S/C34H29FN4O3S/c1-2-31(34(42)38-26-16-15-22-17-18-36-29(22)21-26)43-27-13-8-12-25(20-27)37-33(41)30(19-24-11-6-7-14-28(24)35)39-32(40)23-9-4-3-5-10-23/h3-21,31,36H,2H2,1H3,(H,37,41)(H,38,42)(H,39,40)/b30-19-. The molecule has 0 aliphatic heterocycles. The zero-order valence-corrected chi connectivity index (χ0v) is 24.1. The van der Waals surface area contributed by atoms with Crippen LogP contribution in [0.2, 0.25) is 0 Å². The van der Waals surface area contributed by atoms with Crippen LogP contribution < -0.4 is 16.0 Å². The number of halogens is 1. The molecule has 1 aromatic heterocycles. The normalized spacial score (nSPS) is 12.0. The molecule has 9 heteroatoms. The van der Waals surface area contributed by atoms with Crippen LogP contribution in [0.25, 0.3) is 17.0 Å². The van der Waals surface area contributed by atoms with Gasteiger partial charge in [0.1, 0.15) is 11.5 Å². The van der Waals surface area contributed by atoms with Crippen molar-refractivity contribution < 1.29 is 18.8 Å². The molecule has 5 rings (SSSR count). The van der Waals surface area contributed by atoms with Gasteiger partial charge < -0.3 is 20.9 Å². The van der Waals surface area contributed by atoms with Crippen molar-refractivity contribution >= 4 is 57.8 Å². The van der Waals surface area contributed by atoms with Crippen molar-refractivity contribution in [3.8, 4) is 0 Å². The average molecular weight is 593 g/mol. The Kier molecular flexibility index (Phi) is 9.33. The van der Waals surface area contributed by atoms with Crippen molar-refractivity contribution in [1.82, 2.24) is 10.3 Å². The molecule has 1 unspecified atom stereocenters. The van der Waals surface area contributed by atoms with Gasteiger partial charge >= 0.3 is 0 Å². The summed E-state index contributed by atoms with van der Waals surface area (Å²) < 4.78 is 14.4. The molecule has 5 aromatic rings. The van der Waals surface area contributed by atoms with Gasteiger partial charge in [0.2, 0.25) is 5.91 Å². The Hall–Kier alpha value is -5.15. The summed E-state index contributed by atoms with van der Waals surface area (Å²) in [6.07, 6.45) is 3.73. The van der Waals surface area contributed by atoms with Crippen LogP contribution in [-0.4, -0.2) is 28.0 Å². The summed E-state index contributed by atoms with van der Waals surface area (Å²) in [7, 11) is 0. The second kappa shape index (κ2) is 13.7. The van der Waals surface area contributed by atoms with Gasteiger partial charge in [-0.3, -0.25) is 14.4 Å². The quantitative estimate of drug-likeness (QED) is 0.102. The van der Waals surface area contributed by atoms with E-state index >= 15 is 0 Å². The molecule has 4 aromatic carbocycles. The number of H-pyrrole nitrogens is 1. The Bertz CT molecular complexity index is 1800. The number of carbonyl (C=O) groups excluding carboxylic acids is 3. The molecule has 0 radical (unpaired) electrons. The Morgan fingerprint density at radius 1 is 0.860 bits per heavy atom. The molecule has 1 atom stereocenters. The molecule has 0 fully saturated rings. The van der Waals surface area contributed by atoms with Crippen LogP contribution in [0.1, 0.15) is 29.3 Å². The topological polar surface area (TPSA) is 103 Å². The van der Waals surface area contributed by atoms with Gasteiger partial charge in [-0.15, -0.1) is 11.8 Å². The fourth-order valence-electron chi connectivity index (χ4n) is 4.37. The number of amides is 3. The minimum atomic E-state index is -0.626. The Morgan fingerprint density at radius 2 is 1.63 bits per heavy atom. The molecule has 43 heavy (non-hydrogen) atoms. The molecule has 0 saturated carbocycles. The second-order valence-electron chi connectivity index (χ2n) is 9.67. The maximum Gasteiger partial charge on any atom is 0.272 e. The summed E-state index contributed by atoms with van der Waals surface area (Å²) in [5.74, 6) is -1.79. The van der Waals surface area contributed by atoms with E-state index in [0.717, 1.165) is 15.8 Å². The molecule has 1 heterocycles. The predicted octanol–water partition coefficient (Wildman–Crippen LogP) is 7.23. The third kappa shape index (κ3) is 7.58. The molecule has 0 saturated heterocycles. The first kappa shape index (κ1) is 29.3. The number of hydrogen-bond acceptors (Lipinski definition) is 4. The summed E-state index contributed by atoms with van der Waals surface area (Å²) in [5.41, 5.74) is 2.47. The smallest absolute Gasteiger partial charge is 0.272 e. The van der Waals surface area contributed by atoms with Gasteiger partial charge in [-0.2, -0.15) is 0 Å². The third-order valence-corrected chi connectivity index (χ3v) is 7.95. The first-order chi connectivity index (χ1) is 20.9. The predicted molar refractivity (Wildman–Crippen MR) is 170 cm³/mol. The number of benzene rings is 4. The van der Waals surface area contributed by atoms with Gasteiger partial charge in [-0.1, -0.05) is 55.5 Å². The number of aromatic nitrogens is 1. The Labute approximate surface area is 252 Å². The molecule has 0 aliphatic rings. The highest BCUT2D eigenvalue weighted by molar-refractivity contribution is 8.00. The molecule has 0 bridgehead atoms. The van der Waals surface area contributed by atoms with Gasteiger partial charge in [0, 0.05) is 39.1 Å². The van der Waals surface area contributed by atoms with E-state index in [1.54, 1.807) is 60.7 Å². The molecule has 0 spiro atoms. The van der Waals surface area contributed by atoms with Gasteiger partial charge in [0.05, 0.1) is 5.25 Å². The summed E-state index contributed by atoms with van der Waals surface area (Å²) in [6, 6.07) is 29.2. The number of thioether (sulfide) groups is 1. The van der Waals surface area contributed by atoms with Crippen molar-refractivity contribution in [1.29, 1.82) is 0 Å². The van der Waals surface area contributed by atoms with Crippen molar-refractivity contribution in [3.05, 3.63) is 132 Å². The van der Waals surface area contributed by atoms with Crippen LogP contribution in [0.15, 0.2) is 120 Å². The number of anilines is 2. The zero-order chi connectivity index (χ0) is 30.2. The maximum atomic E-state index is 14.4. The van der Waals surface area contributed by atoms with E-state index in [1.165, 1.54) is 30.0 Å². The van der Waals surface area contributed by atoms with Gasteiger partial charge in [-0.25, -0.2) is 4.39 Å². The lowest BCUT2D eigenvalue weighted by Crippen LogP contribution is -2.30. The minimum absolute atomic E-state index is 0.123. The fourth-order valence-corrected chi connectivity index (χ4v) is 5.38. The van der Waals surface area contributed by atoms with E-state index in [-0.39, 0.29) is 22.4 Å². The van der Waals surface area contributed by atoms with Crippen molar-refractivity contribution in [2.45, 2.75) is 23.5 Å². The largest absolute Gasteiger partial charge is 0.361 e. The lowest BCUT2D eigenvalue weighted by atomic mass is 10.1. The van der Waals surface area contributed by atoms with Gasteiger partial charge in [0.15, 0.2) is 0 Å². The molecule has 3 amide bonds. The van der Waals surface area contributed by atoms with E-state index in [4.69, 9.17) is 0 Å². The van der Waals surface area contributed by atoms with Crippen molar-refractivity contribution in [3.63, 3.8) is 0 Å². The Balaban J connectivity index is 1.30. The summed E-state index contributed by atoms with van der Waals surface area (Å²) in [6.45, 7) is 1.94. The highest BCUT2D eigenvalue weighted by atomic mass is 32.2. The third-order valence-electron chi connectivity index (χ3n) is 6.59. The highest BCUT2D eigenvalue weighted by Gasteiger charge is 2.20. The van der Waals surface area contributed by atoms with Gasteiger partial charge in [-0.05, 0) is 72.5 Å². The fraction of sp³-hybridized carbons (Fsp3) is 0.0882. The number of rotatable bonds is 10. The van der Waals surface area contributed by atoms with Crippen molar-refractivity contribution in [2.24, 2.45) is 0 Å². The number of nitrogens with one attached hydrogen (secondary N) is 4. The monoisotopic (exact) mass is 592 g/mol. The summed E-state index contributed by atoms with van der Waals surface area (Å²) >= 11 is 1.38. The average Bonchev–Trinajstić information content (AvgIpc) is 3.49. The van der Waals surface area contributed by atoms with E-state index in [1.807, 2.05) is 43.5 Å².